The Morgan fingerprint density at radius 1 is 1.18 bits per heavy atom. The van der Waals surface area contributed by atoms with Crippen molar-refractivity contribution >= 4 is 11.0 Å². The Hall–Kier alpha value is -3.30. The van der Waals surface area contributed by atoms with E-state index in [1.165, 1.54) is 0 Å². The van der Waals surface area contributed by atoms with Crippen LogP contribution in [0.3, 0.4) is 0 Å². The van der Waals surface area contributed by atoms with Crippen molar-refractivity contribution in [2.75, 3.05) is 26.7 Å². The van der Waals surface area contributed by atoms with Crippen molar-refractivity contribution in [1.29, 1.82) is 0 Å². The minimum Gasteiger partial charge on any atom is -0.495 e. The first-order chi connectivity index (χ1) is 16.7. The van der Waals surface area contributed by atoms with Crippen LogP contribution in [0.1, 0.15) is 36.8 Å². The topological polar surface area (TPSA) is 94.4 Å². The Morgan fingerprint density at radius 2 is 2.06 bits per heavy atom. The SMILES string of the molecule is COc1cnc2ccc(=O)n(CCN3CCC(NCc4cncc(C5CC=CO5)n4)CC3)c2c1. The van der Waals surface area contributed by atoms with E-state index in [2.05, 4.69) is 20.2 Å². The maximum atomic E-state index is 12.5. The highest BCUT2D eigenvalue weighted by molar-refractivity contribution is 5.75. The molecule has 178 valence electrons. The molecule has 1 fully saturated rings. The standard InChI is InChI=1S/C25H30N6O3/c1-33-20-13-23-21(28-16-20)4-5-25(32)31(23)11-10-30-8-6-18(7-9-30)27-15-19-14-26-17-22(29-19)24-3-2-12-34-24/h2,4-5,12-14,16-18,24,27H,3,6-11,15H2,1H3. The fraction of sp³-hybridized carbons (Fsp3) is 0.440. The van der Waals surface area contributed by atoms with Gasteiger partial charge in [-0.1, -0.05) is 0 Å². The highest BCUT2D eigenvalue weighted by Gasteiger charge is 2.20. The largest absolute Gasteiger partial charge is 0.495 e. The van der Waals surface area contributed by atoms with Gasteiger partial charge in [0.05, 0.1) is 48.2 Å². The van der Waals surface area contributed by atoms with Crippen LogP contribution in [0.15, 0.2) is 53.9 Å². The number of hydrogen-bond acceptors (Lipinski definition) is 8. The lowest BCUT2D eigenvalue weighted by atomic mass is 10.0. The molecule has 0 bridgehead atoms. The van der Waals surface area contributed by atoms with Crippen LogP contribution in [-0.2, 0) is 17.8 Å². The number of hydrogen-bond donors (Lipinski definition) is 1. The van der Waals surface area contributed by atoms with Crippen LogP contribution < -0.4 is 15.6 Å². The van der Waals surface area contributed by atoms with E-state index in [0.717, 1.165) is 61.3 Å². The smallest absolute Gasteiger partial charge is 0.251 e. The lowest BCUT2D eigenvalue weighted by Crippen LogP contribution is -2.43. The molecular formula is C25H30N6O3. The Bertz CT molecular complexity index is 1210. The summed E-state index contributed by atoms with van der Waals surface area (Å²) in [4.78, 5) is 28.4. The van der Waals surface area contributed by atoms with Gasteiger partial charge in [-0.05, 0) is 38.1 Å². The van der Waals surface area contributed by atoms with Gasteiger partial charge in [0.2, 0.25) is 0 Å². The first-order valence-corrected chi connectivity index (χ1v) is 11.8. The summed E-state index contributed by atoms with van der Waals surface area (Å²) in [6, 6.07) is 5.68. The first-order valence-electron chi connectivity index (χ1n) is 11.8. The summed E-state index contributed by atoms with van der Waals surface area (Å²) in [6.07, 6.45) is 12.0. The van der Waals surface area contributed by atoms with Crippen LogP contribution in [0.2, 0.25) is 0 Å². The molecule has 2 aliphatic heterocycles. The number of ether oxygens (including phenoxy) is 2. The van der Waals surface area contributed by atoms with Crippen molar-refractivity contribution in [3.63, 3.8) is 0 Å². The molecule has 0 spiro atoms. The zero-order valence-electron chi connectivity index (χ0n) is 19.4. The monoisotopic (exact) mass is 462 g/mol. The molecule has 0 saturated carbocycles. The molecule has 3 aromatic rings. The second-order valence-electron chi connectivity index (χ2n) is 8.77. The minimum absolute atomic E-state index is 0.0122. The predicted molar refractivity (Wildman–Crippen MR) is 128 cm³/mol. The van der Waals surface area contributed by atoms with E-state index in [1.54, 1.807) is 42.5 Å². The Labute approximate surface area is 198 Å². The predicted octanol–water partition coefficient (Wildman–Crippen LogP) is 2.42. The first kappa shape index (κ1) is 22.5. The number of nitrogens with one attached hydrogen (secondary N) is 1. The third-order valence-corrected chi connectivity index (χ3v) is 6.57. The van der Waals surface area contributed by atoms with Gasteiger partial charge in [-0.15, -0.1) is 0 Å². The molecule has 1 N–H and O–H groups in total. The average Bonchev–Trinajstić information content (AvgIpc) is 3.43. The number of likely N-dealkylation sites (tertiary alicyclic amines) is 1. The Balaban J connectivity index is 1.12. The lowest BCUT2D eigenvalue weighted by Gasteiger charge is -2.32. The third-order valence-electron chi connectivity index (χ3n) is 6.57. The number of rotatable bonds is 8. The molecule has 0 aromatic carbocycles. The fourth-order valence-electron chi connectivity index (χ4n) is 4.58. The van der Waals surface area contributed by atoms with Crippen molar-refractivity contribution in [2.45, 2.75) is 44.5 Å². The van der Waals surface area contributed by atoms with E-state index in [-0.39, 0.29) is 11.7 Å². The molecule has 0 aliphatic carbocycles. The zero-order valence-corrected chi connectivity index (χ0v) is 19.4. The summed E-state index contributed by atoms with van der Waals surface area (Å²) < 4.78 is 12.7. The van der Waals surface area contributed by atoms with E-state index >= 15 is 0 Å². The fourth-order valence-corrected chi connectivity index (χ4v) is 4.58. The molecule has 34 heavy (non-hydrogen) atoms. The van der Waals surface area contributed by atoms with E-state index in [0.29, 0.717) is 24.9 Å². The number of pyridine rings is 2. The van der Waals surface area contributed by atoms with Gasteiger partial charge in [-0.3, -0.25) is 14.8 Å². The molecule has 9 nitrogen and oxygen atoms in total. The van der Waals surface area contributed by atoms with Crippen LogP contribution in [0.4, 0.5) is 0 Å². The molecule has 9 heteroatoms. The van der Waals surface area contributed by atoms with Crippen LogP contribution >= 0.6 is 0 Å². The minimum atomic E-state index is -0.0127. The molecule has 1 unspecified atom stereocenters. The highest BCUT2D eigenvalue weighted by atomic mass is 16.5. The Kier molecular flexibility index (Phi) is 6.82. The summed E-state index contributed by atoms with van der Waals surface area (Å²) in [5, 5.41) is 3.63. The van der Waals surface area contributed by atoms with Crippen molar-refractivity contribution < 1.29 is 9.47 Å². The number of nitrogens with zero attached hydrogens (tertiary/aromatic N) is 5. The molecule has 1 atom stereocenters. The van der Waals surface area contributed by atoms with Gasteiger partial charge in [-0.2, -0.15) is 0 Å². The van der Waals surface area contributed by atoms with Crippen molar-refractivity contribution in [3.8, 4) is 5.75 Å². The summed E-state index contributed by atoms with van der Waals surface area (Å²) in [5.74, 6) is 0.654. The number of methoxy groups -OCH3 is 1. The zero-order chi connectivity index (χ0) is 23.3. The summed E-state index contributed by atoms with van der Waals surface area (Å²) >= 11 is 0. The molecule has 2 aliphatic rings. The van der Waals surface area contributed by atoms with Gasteiger partial charge < -0.3 is 24.3 Å². The molecule has 1 saturated heterocycles. The molecule has 0 radical (unpaired) electrons. The number of fused-ring (bicyclic) bond motifs is 1. The van der Waals surface area contributed by atoms with Gasteiger partial charge in [0.25, 0.3) is 5.56 Å². The van der Waals surface area contributed by atoms with Gasteiger partial charge in [0.1, 0.15) is 11.9 Å². The maximum absolute atomic E-state index is 12.5. The van der Waals surface area contributed by atoms with Crippen molar-refractivity contribution in [2.24, 2.45) is 0 Å². The summed E-state index contributed by atoms with van der Waals surface area (Å²) in [6.45, 7) is 4.14. The molecule has 3 aromatic heterocycles. The Morgan fingerprint density at radius 3 is 2.85 bits per heavy atom. The highest BCUT2D eigenvalue weighted by Crippen LogP contribution is 2.24. The third kappa shape index (κ3) is 5.10. The van der Waals surface area contributed by atoms with Crippen molar-refractivity contribution in [1.82, 2.24) is 29.7 Å². The van der Waals surface area contributed by atoms with Crippen LogP contribution in [0, 0.1) is 0 Å². The van der Waals surface area contributed by atoms with E-state index in [4.69, 9.17) is 14.5 Å². The molecule has 0 amide bonds. The van der Waals surface area contributed by atoms with Gasteiger partial charge in [0.15, 0.2) is 0 Å². The van der Waals surface area contributed by atoms with Crippen LogP contribution in [0.5, 0.6) is 5.75 Å². The van der Waals surface area contributed by atoms with Crippen LogP contribution in [-0.4, -0.2) is 57.2 Å². The molecular weight excluding hydrogens is 432 g/mol. The molecule has 5 rings (SSSR count). The summed E-state index contributed by atoms with van der Waals surface area (Å²) in [5.41, 5.74) is 3.42. The van der Waals surface area contributed by atoms with Gasteiger partial charge >= 0.3 is 0 Å². The average molecular weight is 463 g/mol. The van der Waals surface area contributed by atoms with Gasteiger partial charge in [-0.25, -0.2) is 4.98 Å². The van der Waals surface area contributed by atoms with Crippen LogP contribution in [0.25, 0.3) is 11.0 Å². The number of piperidine rings is 1. The maximum Gasteiger partial charge on any atom is 0.251 e. The lowest BCUT2D eigenvalue weighted by molar-refractivity contribution is 0.168. The van der Waals surface area contributed by atoms with Gasteiger partial charge in [0, 0.05) is 50.4 Å². The normalized spacial score (nSPS) is 18.9. The van der Waals surface area contributed by atoms with E-state index in [9.17, 15) is 4.79 Å². The quantitative estimate of drug-likeness (QED) is 0.546. The van der Waals surface area contributed by atoms with Crippen molar-refractivity contribution in [3.05, 3.63) is 70.9 Å². The molecule has 5 heterocycles. The summed E-state index contributed by atoms with van der Waals surface area (Å²) in [7, 11) is 1.61. The second kappa shape index (κ2) is 10.3. The van der Waals surface area contributed by atoms with E-state index in [1.807, 2.05) is 18.3 Å². The second-order valence-corrected chi connectivity index (χ2v) is 8.77. The van der Waals surface area contributed by atoms with E-state index < -0.39 is 0 Å². The number of aromatic nitrogens is 4.